The zero-order valence-corrected chi connectivity index (χ0v) is 19.0. The standard InChI is InChI=1S/C19H28FNO4S2.2H2O/c1-18(2,3)25-17(22)21-12-9-19(20,10-13-21)11-14-27(24)16-7-5-15(6-8-16)26(4)23;;/h5-8H,9-14H2,1-4H3;2*1H2. The van der Waals surface area contributed by atoms with E-state index in [-0.39, 0.29) is 36.0 Å². The van der Waals surface area contributed by atoms with Crippen LogP contribution in [0.1, 0.15) is 40.0 Å². The Morgan fingerprint density at radius 3 is 2.03 bits per heavy atom. The molecule has 0 aromatic heterocycles. The lowest BCUT2D eigenvalue weighted by Crippen LogP contribution is -2.46. The van der Waals surface area contributed by atoms with Crippen LogP contribution in [-0.2, 0) is 26.3 Å². The van der Waals surface area contributed by atoms with Gasteiger partial charge in [-0.25, -0.2) is 9.18 Å². The molecule has 0 radical (unpaired) electrons. The second kappa shape index (κ2) is 11.1. The zero-order chi connectivity index (χ0) is 20.2. The molecule has 10 heteroatoms. The van der Waals surface area contributed by atoms with Gasteiger partial charge in [0.2, 0.25) is 0 Å². The maximum absolute atomic E-state index is 15.0. The lowest BCUT2D eigenvalue weighted by molar-refractivity contribution is 0.00271. The summed E-state index contributed by atoms with van der Waals surface area (Å²) < 4.78 is 44.2. The Morgan fingerprint density at radius 2 is 1.59 bits per heavy atom. The fraction of sp³-hybridized carbons (Fsp3) is 0.632. The average Bonchev–Trinajstić information content (AvgIpc) is 2.59. The number of hydrogen-bond donors (Lipinski definition) is 0. The molecule has 0 bridgehead atoms. The highest BCUT2D eigenvalue weighted by atomic mass is 32.2. The quantitative estimate of drug-likeness (QED) is 0.675. The molecule has 1 amide bonds. The summed E-state index contributed by atoms with van der Waals surface area (Å²) in [7, 11) is -2.39. The highest BCUT2D eigenvalue weighted by Gasteiger charge is 2.37. The summed E-state index contributed by atoms with van der Waals surface area (Å²) in [6.07, 6.45) is 1.79. The fourth-order valence-electron chi connectivity index (χ4n) is 2.84. The van der Waals surface area contributed by atoms with Gasteiger partial charge >= 0.3 is 6.09 Å². The fourth-order valence-corrected chi connectivity index (χ4v) is 4.59. The van der Waals surface area contributed by atoms with Crippen molar-refractivity contribution in [3.05, 3.63) is 24.3 Å². The number of rotatable bonds is 5. The molecule has 2 rings (SSSR count). The van der Waals surface area contributed by atoms with Crippen LogP contribution in [0, 0.1) is 0 Å². The molecule has 7 nitrogen and oxygen atoms in total. The number of piperidine rings is 1. The minimum absolute atomic E-state index is 0. The molecule has 1 aliphatic heterocycles. The van der Waals surface area contributed by atoms with Gasteiger partial charge in [0.05, 0.1) is 10.8 Å². The van der Waals surface area contributed by atoms with Crippen LogP contribution in [0.5, 0.6) is 0 Å². The van der Waals surface area contributed by atoms with E-state index in [2.05, 4.69) is 0 Å². The van der Waals surface area contributed by atoms with Crippen LogP contribution < -0.4 is 0 Å². The summed E-state index contributed by atoms with van der Waals surface area (Å²) in [5.74, 6) is 0.220. The van der Waals surface area contributed by atoms with Gasteiger partial charge in [-0.05, 0) is 64.3 Å². The Morgan fingerprint density at radius 1 is 1.10 bits per heavy atom. The summed E-state index contributed by atoms with van der Waals surface area (Å²) in [5.41, 5.74) is -1.99. The summed E-state index contributed by atoms with van der Waals surface area (Å²) in [4.78, 5) is 14.9. The van der Waals surface area contributed by atoms with Crippen molar-refractivity contribution in [1.82, 2.24) is 4.90 Å². The molecule has 0 saturated carbocycles. The first-order valence-electron chi connectivity index (χ1n) is 8.98. The Hall–Kier alpha value is -1.36. The Kier molecular flexibility index (Phi) is 10.6. The molecule has 168 valence electrons. The zero-order valence-electron chi connectivity index (χ0n) is 17.3. The molecule has 1 aliphatic rings. The first kappa shape index (κ1) is 27.6. The number of carbonyl (C=O) groups excluding carboxylic acids is 1. The van der Waals surface area contributed by atoms with Gasteiger partial charge in [-0.3, -0.25) is 8.42 Å². The molecule has 2 atom stereocenters. The molecule has 4 N–H and O–H groups in total. The van der Waals surface area contributed by atoms with Gasteiger partial charge in [0.15, 0.2) is 0 Å². The van der Waals surface area contributed by atoms with E-state index in [9.17, 15) is 13.2 Å². The largest absolute Gasteiger partial charge is 0.444 e. The molecule has 1 aromatic rings. The summed E-state index contributed by atoms with van der Waals surface area (Å²) in [6, 6.07) is 6.74. The molecule has 0 spiro atoms. The number of carbonyl (C=O) groups is 1. The second-order valence-electron chi connectivity index (χ2n) is 7.84. The van der Waals surface area contributed by atoms with Crippen LogP contribution in [0.3, 0.4) is 0 Å². The molecule has 2 unspecified atom stereocenters. The van der Waals surface area contributed by atoms with Crippen molar-refractivity contribution in [2.75, 3.05) is 25.1 Å². The van der Waals surface area contributed by atoms with Crippen molar-refractivity contribution in [3.63, 3.8) is 0 Å². The van der Waals surface area contributed by atoms with E-state index in [0.717, 1.165) is 0 Å². The topological polar surface area (TPSA) is 127 Å². The van der Waals surface area contributed by atoms with Crippen molar-refractivity contribution in [2.45, 2.75) is 61.1 Å². The van der Waals surface area contributed by atoms with Gasteiger partial charge in [0.1, 0.15) is 11.3 Å². The molecule has 29 heavy (non-hydrogen) atoms. The minimum Gasteiger partial charge on any atom is -0.444 e. The van der Waals surface area contributed by atoms with Crippen LogP contribution in [0.15, 0.2) is 34.1 Å². The Bertz CT molecular complexity index is 712. The summed E-state index contributed by atoms with van der Waals surface area (Å²) >= 11 is 0. The number of hydrogen-bond acceptors (Lipinski definition) is 4. The Labute approximate surface area is 176 Å². The van der Waals surface area contributed by atoms with Crippen LogP contribution >= 0.6 is 0 Å². The minimum atomic E-state index is -1.42. The van der Waals surface area contributed by atoms with Gasteiger partial charge in [-0.2, -0.15) is 0 Å². The number of nitrogens with zero attached hydrogens (tertiary/aromatic N) is 1. The molecule has 1 saturated heterocycles. The van der Waals surface area contributed by atoms with E-state index >= 15 is 4.39 Å². The van der Waals surface area contributed by atoms with Gasteiger partial charge < -0.3 is 20.6 Å². The Balaban J connectivity index is 0.00000392. The average molecular weight is 454 g/mol. The third-order valence-electron chi connectivity index (χ3n) is 4.47. The lowest BCUT2D eigenvalue weighted by atomic mass is 9.91. The predicted molar refractivity (Wildman–Crippen MR) is 113 cm³/mol. The van der Waals surface area contributed by atoms with E-state index in [1.807, 2.05) is 0 Å². The number of amides is 1. The van der Waals surface area contributed by atoms with Crippen LogP contribution in [0.2, 0.25) is 0 Å². The number of alkyl halides is 1. The number of halogens is 1. The maximum Gasteiger partial charge on any atom is 0.410 e. The first-order valence-corrected chi connectivity index (χ1v) is 11.9. The molecule has 1 aromatic carbocycles. The van der Waals surface area contributed by atoms with Gasteiger partial charge in [0, 0.05) is 45.7 Å². The van der Waals surface area contributed by atoms with Crippen molar-refractivity contribution in [2.24, 2.45) is 0 Å². The van der Waals surface area contributed by atoms with Crippen molar-refractivity contribution in [1.29, 1.82) is 0 Å². The number of ether oxygens (including phenoxy) is 1. The van der Waals surface area contributed by atoms with E-state index in [1.54, 1.807) is 51.3 Å². The van der Waals surface area contributed by atoms with Gasteiger partial charge in [0.25, 0.3) is 0 Å². The number of likely N-dealkylation sites (tertiary alicyclic amines) is 1. The van der Waals surface area contributed by atoms with E-state index in [4.69, 9.17) is 4.74 Å². The van der Waals surface area contributed by atoms with Crippen molar-refractivity contribution >= 4 is 27.7 Å². The summed E-state index contributed by atoms with van der Waals surface area (Å²) in [6.45, 7) is 6.00. The van der Waals surface area contributed by atoms with E-state index in [0.29, 0.717) is 22.9 Å². The van der Waals surface area contributed by atoms with Crippen molar-refractivity contribution < 1.29 is 33.3 Å². The molecule has 1 fully saturated rings. The third-order valence-corrected chi connectivity index (χ3v) is 6.77. The second-order valence-corrected chi connectivity index (χ2v) is 10.8. The monoisotopic (exact) mass is 453 g/mol. The molecule has 1 heterocycles. The smallest absolute Gasteiger partial charge is 0.410 e. The summed E-state index contributed by atoms with van der Waals surface area (Å²) in [5, 5.41) is 0. The molecular weight excluding hydrogens is 421 g/mol. The SMILES string of the molecule is CS(=O)c1ccc(S(=O)CCC2(F)CCN(C(=O)OC(C)(C)C)CC2)cc1.O.O. The molecule has 0 aliphatic carbocycles. The normalized spacial score (nSPS) is 18.0. The van der Waals surface area contributed by atoms with Crippen molar-refractivity contribution in [3.8, 4) is 0 Å². The van der Waals surface area contributed by atoms with E-state index in [1.165, 1.54) is 4.90 Å². The first-order chi connectivity index (χ1) is 12.5. The highest BCUT2D eigenvalue weighted by molar-refractivity contribution is 7.85. The van der Waals surface area contributed by atoms with Gasteiger partial charge in [-0.1, -0.05) is 0 Å². The van der Waals surface area contributed by atoms with E-state index < -0.39 is 39.0 Å². The predicted octanol–water partition coefficient (Wildman–Crippen LogP) is 2.01. The van der Waals surface area contributed by atoms with Crippen LogP contribution in [-0.4, -0.2) is 66.7 Å². The molecular formula is C19H32FNO6S2. The van der Waals surface area contributed by atoms with Crippen LogP contribution in [0.4, 0.5) is 9.18 Å². The van der Waals surface area contributed by atoms with Crippen LogP contribution in [0.25, 0.3) is 0 Å². The highest BCUT2D eigenvalue weighted by Crippen LogP contribution is 2.31. The lowest BCUT2D eigenvalue weighted by Gasteiger charge is -2.37. The van der Waals surface area contributed by atoms with Gasteiger partial charge in [-0.15, -0.1) is 0 Å². The number of benzene rings is 1. The maximum atomic E-state index is 15.0. The third kappa shape index (κ3) is 8.49.